The van der Waals surface area contributed by atoms with Crippen LogP contribution in [0.4, 0.5) is 5.69 Å². The van der Waals surface area contributed by atoms with Gasteiger partial charge in [-0.15, -0.1) is 0 Å². The van der Waals surface area contributed by atoms with Crippen LogP contribution in [-0.2, 0) is 9.53 Å². The zero-order valence-corrected chi connectivity index (χ0v) is 15.4. The summed E-state index contributed by atoms with van der Waals surface area (Å²) in [5.41, 5.74) is 3.24. The molecule has 2 aromatic carbocycles. The zero-order valence-electron chi connectivity index (χ0n) is 15.4. The molecule has 3 rings (SSSR count). The number of amides is 2. The SMILES string of the molecule is C=CC(=O)Nc1cccc(-c2ccc3nc(C(=O)NCCOC)ncc3c2)c1. The van der Waals surface area contributed by atoms with Gasteiger partial charge in [0, 0.05) is 30.9 Å². The molecule has 0 bridgehead atoms. The molecule has 1 heterocycles. The monoisotopic (exact) mass is 376 g/mol. The maximum atomic E-state index is 12.1. The van der Waals surface area contributed by atoms with Crippen molar-refractivity contribution < 1.29 is 14.3 Å². The molecule has 0 aliphatic rings. The van der Waals surface area contributed by atoms with Gasteiger partial charge in [0.25, 0.3) is 5.91 Å². The average Bonchev–Trinajstić information content (AvgIpc) is 2.73. The van der Waals surface area contributed by atoms with E-state index >= 15 is 0 Å². The summed E-state index contributed by atoms with van der Waals surface area (Å²) in [7, 11) is 1.57. The number of carbonyl (C=O) groups excluding carboxylic acids is 2. The van der Waals surface area contributed by atoms with Gasteiger partial charge in [-0.3, -0.25) is 9.59 Å². The van der Waals surface area contributed by atoms with Gasteiger partial charge in [-0.1, -0.05) is 24.8 Å². The van der Waals surface area contributed by atoms with E-state index in [4.69, 9.17) is 4.74 Å². The highest BCUT2D eigenvalue weighted by molar-refractivity contribution is 5.99. The van der Waals surface area contributed by atoms with Crippen molar-refractivity contribution in [2.24, 2.45) is 0 Å². The fourth-order valence-corrected chi connectivity index (χ4v) is 2.64. The summed E-state index contributed by atoms with van der Waals surface area (Å²) in [6, 6.07) is 13.2. The Morgan fingerprint density at radius 3 is 2.79 bits per heavy atom. The first kappa shape index (κ1) is 19.2. The van der Waals surface area contributed by atoms with Crippen molar-refractivity contribution in [1.82, 2.24) is 15.3 Å². The van der Waals surface area contributed by atoms with Gasteiger partial charge in [0.2, 0.25) is 11.7 Å². The van der Waals surface area contributed by atoms with E-state index in [1.54, 1.807) is 13.3 Å². The molecule has 7 heteroatoms. The third kappa shape index (κ3) is 4.57. The molecule has 1 aromatic heterocycles. The Kier molecular flexibility index (Phi) is 6.08. The van der Waals surface area contributed by atoms with Crippen LogP contribution in [0, 0.1) is 0 Å². The standard InChI is InChI=1S/C21H20N4O3/c1-3-19(26)24-17-6-4-5-14(12-17)15-7-8-18-16(11-15)13-23-20(25-18)21(27)22-9-10-28-2/h3-8,11-13H,1,9-10H2,2H3,(H,22,27)(H,24,26). The molecule has 0 aliphatic heterocycles. The second-order valence-electron chi connectivity index (χ2n) is 5.99. The molecular formula is C21H20N4O3. The third-order valence-electron chi connectivity index (χ3n) is 4.02. The first-order chi connectivity index (χ1) is 13.6. The van der Waals surface area contributed by atoms with E-state index in [1.807, 2.05) is 42.5 Å². The zero-order chi connectivity index (χ0) is 19.9. The number of aromatic nitrogens is 2. The molecule has 0 radical (unpaired) electrons. The second-order valence-corrected chi connectivity index (χ2v) is 5.99. The molecule has 0 saturated carbocycles. The maximum absolute atomic E-state index is 12.1. The molecule has 2 N–H and O–H groups in total. The predicted molar refractivity (Wildman–Crippen MR) is 108 cm³/mol. The van der Waals surface area contributed by atoms with Gasteiger partial charge in [0.15, 0.2) is 0 Å². The van der Waals surface area contributed by atoms with Crippen molar-refractivity contribution in [3.05, 3.63) is 67.1 Å². The van der Waals surface area contributed by atoms with Gasteiger partial charge in [-0.05, 0) is 41.5 Å². The third-order valence-corrected chi connectivity index (χ3v) is 4.02. The quantitative estimate of drug-likeness (QED) is 0.489. The van der Waals surface area contributed by atoms with Crippen LogP contribution in [0.5, 0.6) is 0 Å². The van der Waals surface area contributed by atoms with Crippen molar-refractivity contribution in [2.45, 2.75) is 0 Å². The van der Waals surface area contributed by atoms with Crippen molar-refractivity contribution >= 4 is 28.4 Å². The van der Waals surface area contributed by atoms with Crippen molar-refractivity contribution in [3.8, 4) is 11.1 Å². The van der Waals surface area contributed by atoms with Crippen LogP contribution in [0.25, 0.3) is 22.0 Å². The smallest absolute Gasteiger partial charge is 0.289 e. The van der Waals surface area contributed by atoms with Crippen LogP contribution in [0.3, 0.4) is 0 Å². The summed E-state index contributed by atoms with van der Waals surface area (Å²) >= 11 is 0. The van der Waals surface area contributed by atoms with E-state index in [1.165, 1.54) is 6.08 Å². The van der Waals surface area contributed by atoms with Crippen molar-refractivity contribution in [2.75, 3.05) is 25.6 Å². The molecular weight excluding hydrogens is 356 g/mol. The fourth-order valence-electron chi connectivity index (χ4n) is 2.64. The minimum atomic E-state index is -0.339. The Morgan fingerprint density at radius 1 is 1.18 bits per heavy atom. The molecule has 3 aromatic rings. The Bertz CT molecular complexity index is 1030. The van der Waals surface area contributed by atoms with E-state index in [0.717, 1.165) is 16.5 Å². The predicted octanol–water partition coefficient (Wildman–Crippen LogP) is 2.80. The molecule has 2 amide bonds. The molecule has 0 saturated heterocycles. The van der Waals surface area contributed by atoms with Gasteiger partial charge >= 0.3 is 0 Å². The Morgan fingerprint density at radius 2 is 2.00 bits per heavy atom. The number of carbonyl (C=O) groups is 2. The highest BCUT2D eigenvalue weighted by atomic mass is 16.5. The lowest BCUT2D eigenvalue weighted by Gasteiger charge is -2.08. The lowest BCUT2D eigenvalue weighted by atomic mass is 10.0. The molecule has 0 spiro atoms. The van der Waals surface area contributed by atoms with Gasteiger partial charge in [0.1, 0.15) is 0 Å². The summed E-state index contributed by atoms with van der Waals surface area (Å²) < 4.78 is 4.91. The minimum absolute atomic E-state index is 0.116. The largest absolute Gasteiger partial charge is 0.383 e. The van der Waals surface area contributed by atoms with Crippen LogP contribution < -0.4 is 10.6 Å². The fraction of sp³-hybridized carbons (Fsp3) is 0.143. The number of anilines is 1. The topological polar surface area (TPSA) is 93.2 Å². The van der Waals surface area contributed by atoms with Gasteiger partial charge < -0.3 is 15.4 Å². The number of hydrogen-bond donors (Lipinski definition) is 2. The molecule has 142 valence electrons. The Balaban J connectivity index is 1.84. The summed E-state index contributed by atoms with van der Waals surface area (Å²) in [6.45, 7) is 4.27. The number of nitrogens with zero attached hydrogens (tertiary/aromatic N) is 2. The first-order valence-electron chi connectivity index (χ1n) is 8.68. The lowest BCUT2D eigenvalue weighted by Crippen LogP contribution is -2.28. The van der Waals surface area contributed by atoms with Crippen molar-refractivity contribution in [3.63, 3.8) is 0 Å². The highest BCUT2D eigenvalue weighted by Gasteiger charge is 2.10. The van der Waals surface area contributed by atoms with E-state index in [-0.39, 0.29) is 17.6 Å². The summed E-state index contributed by atoms with van der Waals surface area (Å²) in [5.74, 6) is -0.487. The van der Waals surface area contributed by atoms with Gasteiger partial charge in [-0.25, -0.2) is 9.97 Å². The Labute approximate surface area is 162 Å². The number of benzene rings is 2. The van der Waals surface area contributed by atoms with E-state index in [2.05, 4.69) is 27.2 Å². The van der Waals surface area contributed by atoms with Crippen LogP contribution in [0.1, 0.15) is 10.6 Å². The molecule has 28 heavy (non-hydrogen) atoms. The normalized spacial score (nSPS) is 10.5. The first-order valence-corrected chi connectivity index (χ1v) is 8.68. The number of ether oxygens (including phenoxy) is 1. The van der Waals surface area contributed by atoms with E-state index in [0.29, 0.717) is 24.4 Å². The van der Waals surface area contributed by atoms with E-state index < -0.39 is 0 Å². The molecule has 0 aliphatic carbocycles. The van der Waals surface area contributed by atoms with E-state index in [9.17, 15) is 9.59 Å². The van der Waals surface area contributed by atoms with Crippen LogP contribution in [0.2, 0.25) is 0 Å². The number of hydrogen-bond acceptors (Lipinski definition) is 5. The summed E-state index contributed by atoms with van der Waals surface area (Å²) in [5, 5.41) is 6.25. The van der Waals surface area contributed by atoms with Crippen LogP contribution in [0.15, 0.2) is 61.3 Å². The Hall–Kier alpha value is -3.58. The number of nitrogens with one attached hydrogen (secondary N) is 2. The molecule has 0 atom stereocenters. The van der Waals surface area contributed by atoms with Crippen LogP contribution >= 0.6 is 0 Å². The van der Waals surface area contributed by atoms with Crippen LogP contribution in [-0.4, -0.2) is 42.0 Å². The molecule has 0 fully saturated rings. The average molecular weight is 376 g/mol. The number of rotatable bonds is 7. The van der Waals surface area contributed by atoms with Gasteiger partial charge in [-0.2, -0.15) is 0 Å². The van der Waals surface area contributed by atoms with Gasteiger partial charge in [0.05, 0.1) is 12.1 Å². The summed E-state index contributed by atoms with van der Waals surface area (Å²) in [6.07, 6.45) is 2.85. The summed E-state index contributed by atoms with van der Waals surface area (Å²) in [4.78, 5) is 32.0. The molecule has 0 unspecified atom stereocenters. The lowest BCUT2D eigenvalue weighted by molar-refractivity contribution is -0.111. The second kappa shape index (κ2) is 8.88. The highest BCUT2D eigenvalue weighted by Crippen LogP contribution is 2.25. The minimum Gasteiger partial charge on any atom is -0.383 e. The van der Waals surface area contributed by atoms with Crippen molar-refractivity contribution in [1.29, 1.82) is 0 Å². The molecule has 7 nitrogen and oxygen atoms in total. The number of methoxy groups -OCH3 is 1. The maximum Gasteiger partial charge on any atom is 0.289 e. The number of fused-ring (bicyclic) bond motifs is 1.